The van der Waals surface area contributed by atoms with Crippen LogP contribution in [0.3, 0.4) is 0 Å². The van der Waals surface area contributed by atoms with E-state index in [1.165, 1.54) is 7.11 Å². The number of methoxy groups -OCH3 is 1. The zero-order valence-electron chi connectivity index (χ0n) is 14.5. The molecular weight excluding hydrogens is 324 g/mol. The molecule has 1 unspecified atom stereocenters. The van der Waals surface area contributed by atoms with Gasteiger partial charge in [0.2, 0.25) is 0 Å². The van der Waals surface area contributed by atoms with Gasteiger partial charge in [-0.2, -0.15) is 4.98 Å². The Kier molecular flexibility index (Phi) is 6.53. The van der Waals surface area contributed by atoms with Gasteiger partial charge < -0.3 is 25.0 Å². The van der Waals surface area contributed by atoms with Crippen molar-refractivity contribution in [2.24, 2.45) is 5.73 Å². The summed E-state index contributed by atoms with van der Waals surface area (Å²) < 4.78 is 15.7. The molecule has 134 valence electrons. The standard InChI is InChI=1S/C17H22N4O4/c1-11(19-2)8-16-20-17(25-21-16)7-5-12-4-6-13(14(9-12)23-3)24-10-15(18)22/h4-7,9,11,19H,8,10H2,1-3H3,(H2,18,22)/b7-5+. The average Bonchev–Trinajstić information content (AvgIpc) is 3.05. The molecule has 0 aliphatic rings. The van der Waals surface area contributed by atoms with Gasteiger partial charge >= 0.3 is 0 Å². The van der Waals surface area contributed by atoms with Gasteiger partial charge in [-0.25, -0.2) is 0 Å². The molecule has 2 rings (SSSR count). The summed E-state index contributed by atoms with van der Waals surface area (Å²) in [7, 11) is 3.41. The first-order valence-corrected chi connectivity index (χ1v) is 7.79. The third-order valence-corrected chi connectivity index (χ3v) is 3.44. The van der Waals surface area contributed by atoms with Crippen LogP contribution in [0.5, 0.6) is 11.5 Å². The Labute approximate surface area is 146 Å². The zero-order chi connectivity index (χ0) is 18.2. The minimum absolute atomic E-state index is 0.207. The minimum Gasteiger partial charge on any atom is -0.493 e. The number of aromatic nitrogens is 2. The van der Waals surface area contributed by atoms with Crippen LogP contribution in [0.2, 0.25) is 0 Å². The van der Waals surface area contributed by atoms with Crippen molar-refractivity contribution in [3.8, 4) is 11.5 Å². The van der Waals surface area contributed by atoms with E-state index in [0.717, 1.165) is 5.56 Å². The maximum Gasteiger partial charge on any atom is 0.255 e. The van der Waals surface area contributed by atoms with E-state index in [-0.39, 0.29) is 12.6 Å². The molecule has 0 saturated heterocycles. The Bertz CT molecular complexity index is 742. The van der Waals surface area contributed by atoms with Crippen molar-refractivity contribution in [3.05, 3.63) is 35.5 Å². The lowest BCUT2D eigenvalue weighted by Crippen LogP contribution is -2.24. The summed E-state index contributed by atoms with van der Waals surface area (Å²) in [5.74, 6) is 1.46. The number of ether oxygens (including phenoxy) is 2. The number of hydrogen-bond donors (Lipinski definition) is 2. The van der Waals surface area contributed by atoms with Crippen LogP contribution in [0.15, 0.2) is 22.7 Å². The number of amides is 1. The van der Waals surface area contributed by atoms with Crippen LogP contribution in [0, 0.1) is 0 Å². The van der Waals surface area contributed by atoms with Crippen molar-refractivity contribution in [3.63, 3.8) is 0 Å². The molecule has 1 amide bonds. The number of carbonyl (C=O) groups is 1. The second-order valence-corrected chi connectivity index (χ2v) is 5.44. The van der Waals surface area contributed by atoms with Crippen LogP contribution in [-0.4, -0.2) is 42.9 Å². The molecule has 25 heavy (non-hydrogen) atoms. The molecule has 0 bridgehead atoms. The lowest BCUT2D eigenvalue weighted by molar-refractivity contribution is -0.119. The van der Waals surface area contributed by atoms with E-state index in [1.54, 1.807) is 18.2 Å². The van der Waals surface area contributed by atoms with E-state index in [2.05, 4.69) is 15.5 Å². The van der Waals surface area contributed by atoms with Gasteiger partial charge in [-0.3, -0.25) is 4.79 Å². The van der Waals surface area contributed by atoms with Gasteiger partial charge in [-0.15, -0.1) is 0 Å². The fourth-order valence-corrected chi connectivity index (χ4v) is 2.02. The smallest absolute Gasteiger partial charge is 0.255 e. The topological polar surface area (TPSA) is 112 Å². The number of benzene rings is 1. The van der Waals surface area contributed by atoms with Gasteiger partial charge in [0.25, 0.3) is 11.8 Å². The predicted molar refractivity (Wildman–Crippen MR) is 93.1 cm³/mol. The summed E-state index contributed by atoms with van der Waals surface area (Å²) >= 11 is 0. The van der Waals surface area contributed by atoms with Gasteiger partial charge in [-0.05, 0) is 37.7 Å². The third kappa shape index (κ3) is 5.61. The molecule has 1 aromatic carbocycles. The van der Waals surface area contributed by atoms with E-state index >= 15 is 0 Å². The van der Waals surface area contributed by atoms with E-state index in [9.17, 15) is 4.79 Å². The average molecular weight is 346 g/mol. The Hall–Kier alpha value is -2.87. The highest BCUT2D eigenvalue weighted by Gasteiger charge is 2.08. The van der Waals surface area contributed by atoms with Gasteiger partial charge in [0.15, 0.2) is 23.9 Å². The van der Waals surface area contributed by atoms with Crippen molar-refractivity contribution >= 4 is 18.1 Å². The highest BCUT2D eigenvalue weighted by Crippen LogP contribution is 2.28. The first kappa shape index (κ1) is 18.5. The molecule has 1 aromatic heterocycles. The monoisotopic (exact) mass is 346 g/mol. The lowest BCUT2D eigenvalue weighted by Gasteiger charge is -2.09. The SMILES string of the molecule is CNC(C)Cc1noc(/C=C/c2ccc(OCC(N)=O)c(OC)c2)n1. The number of likely N-dealkylation sites (N-methyl/N-ethyl adjacent to an activating group) is 1. The quantitative estimate of drug-likeness (QED) is 0.703. The summed E-state index contributed by atoms with van der Waals surface area (Å²) in [6.07, 6.45) is 4.23. The van der Waals surface area contributed by atoms with E-state index in [4.69, 9.17) is 19.7 Å². The molecule has 0 saturated carbocycles. The molecule has 0 spiro atoms. The number of nitrogens with zero attached hydrogens (tertiary/aromatic N) is 2. The van der Waals surface area contributed by atoms with Crippen LogP contribution in [0.25, 0.3) is 12.2 Å². The molecule has 8 heteroatoms. The Morgan fingerprint density at radius 1 is 1.40 bits per heavy atom. The number of rotatable bonds is 9. The van der Waals surface area contributed by atoms with Gasteiger partial charge in [0.1, 0.15) is 0 Å². The fraction of sp³-hybridized carbons (Fsp3) is 0.353. The minimum atomic E-state index is -0.550. The zero-order valence-corrected chi connectivity index (χ0v) is 14.5. The predicted octanol–water partition coefficient (Wildman–Crippen LogP) is 1.26. The lowest BCUT2D eigenvalue weighted by atomic mass is 10.2. The van der Waals surface area contributed by atoms with Crippen LogP contribution in [0.4, 0.5) is 0 Å². The highest BCUT2D eigenvalue weighted by molar-refractivity contribution is 5.75. The number of nitrogens with one attached hydrogen (secondary N) is 1. The summed E-state index contributed by atoms with van der Waals surface area (Å²) in [6.45, 7) is 1.83. The van der Waals surface area contributed by atoms with E-state index in [1.807, 2.05) is 26.1 Å². The molecule has 1 heterocycles. The molecule has 0 fully saturated rings. The third-order valence-electron chi connectivity index (χ3n) is 3.44. The summed E-state index contributed by atoms with van der Waals surface area (Å²) in [5, 5.41) is 7.06. The van der Waals surface area contributed by atoms with Crippen LogP contribution in [0.1, 0.15) is 24.2 Å². The second-order valence-electron chi connectivity index (χ2n) is 5.44. The Morgan fingerprint density at radius 2 is 2.20 bits per heavy atom. The number of primary amides is 1. The van der Waals surface area contributed by atoms with Gasteiger partial charge in [0.05, 0.1) is 7.11 Å². The Balaban J connectivity index is 2.06. The molecule has 0 radical (unpaired) electrons. The molecule has 0 aliphatic heterocycles. The van der Waals surface area contributed by atoms with Crippen molar-refractivity contribution in [1.29, 1.82) is 0 Å². The second kappa shape index (κ2) is 8.84. The number of hydrogen-bond acceptors (Lipinski definition) is 7. The van der Waals surface area contributed by atoms with Crippen molar-refractivity contribution in [2.75, 3.05) is 20.8 Å². The molecule has 2 aromatic rings. The molecular formula is C17H22N4O4. The largest absolute Gasteiger partial charge is 0.493 e. The van der Waals surface area contributed by atoms with Crippen molar-refractivity contribution in [2.45, 2.75) is 19.4 Å². The van der Waals surface area contributed by atoms with Crippen molar-refractivity contribution < 1.29 is 18.8 Å². The van der Waals surface area contributed by atoms with Crippen LogP contribution in [-0.2, 0) is 11.2 Å². The molecule has 8 nitrogen and oxygen atoms in total. The molecule has 1 atom stereocenters. The first-order chi connectivity index (χ1) is 12.0. The fourth-order valence-electron chi connectivity index (χ4n) is 2.02. The number of nitrogens with two attached hydrogens (primary N) is 1. The molecule has 3 N–H and O–H groups in total. The highest BCUT2D eigenvalue weighted by atomic mass is 16.5. The van der Waals surface area contributed by atoms with Gasteiger partial charge in [0, 0.05) is 18.5 Å². The maximum atomic E-state index is 10.8. The van der Waals surface area contributed by atoms with Crippen molar-refractivity contribution in [1.82, 2.24) is 15.5 Å². The normalized spacial score (nSPS) is 12.3. The van der Waals surface area contributed by atoms with Gasteiger partial charge in [-0.1, -0.05) is 11.2 Å². The van der Waals surface area contributed by atoms with Crippen LogP contribution >= 0.6 is 0 Å². The summed E-state index contributed by atoms with van der Waals surface area (Å²) in [6, 6.07) is 5.56. The molecule has 0 aliphatic carbocycles. The van der Waals surface area contributed by atoms with E-state index in [0.29, 0.717) is 29.6 Å². The first-order valence-electron chi connectivity index (χ1n) is 7.79. The van der Waals surface area contributed by atoms with E-state index < -0.39 is 5.91 Å². The summed E-state index contributed by atoms with van der Waals surface area (Å²) in [4.78, 5) is 15.1. The number of carbonyl (C=O) groups excluding carboxylic acids is 1. The summed E-state index contributed by atoms with van der Waals surface area (Å²) in [5.41, 5.74) is 5.92. The Morgan fingerprint density at radius 3 is 2.88 bits per heavy atom. The van der Waals surface area contributed by atoms with Crippen LogP contribution < -0.4 is 20.5 Å². The maximum absolute atomic E-state index is 10.8.